The first-order valence-corrected chi connectivity index (χ1v) is 6.11. The average molecular weight is 264 g/mol. The van der Waals surface area contributed by atoms with Crippen LogP contribution in [0.1, 0.15) is 26.3 Å². The van der Waals surface area contributed by atoms with E-state index in [1.54, 1.807) is 6.07 Å². The molecule has 0 spiro atoms. The minimum Gasteiger partial charge on any atom is -0.504 e. The van der Waals surface area contributed by atoms with Crippen LogP contribution >= 0.6 is 0 Å². The van der Waals surface area contributed by atoms with Crippen LogP contribution in [0.25, 0.3) is 0 Å². The van der Waals surface area contributed by atoms with Gasteiger partial charge in [0.1, 0.15) is 12.7 Å². The number of benzene rings is 1. The second kappa shape index (κ2) is 6.41. The van der Waals surface area contributed by atoms with Gasteiger partial charge in [0, 0.05) is 18.2 Å². The van der Waals surface area contributed by atoms with Crippen molar-refractivity contribution in [3.63, 3.8) is 0 Å². The third-order valence-electron chi connectivity index (χ3n) is 2.39. The van der Waals surface area contributed by atoms with Crippen LogP contribution in [-0.4, -0.2) is 35.0 Å². The minimum absolute atomic E-state index is 0.0719. The Morgan fingerprint density at radius 3 is 2.63 bits per heavy atom. The van der Waals surface area contributed by atoms with E-state index in [9.17, 15) is 10.2 Å². The molecule has 0 heterocycles. The first kappa shape index (κ1) is 15.3. The van der Waals surface area contributed by atoms with Crippen LogP contribution in [0.2, 0.25) is 0 Å². The van der Waals surface area contributed by atoms with Gasteiger partial charge in [0.15, 0.2) is 11.5 Å². The standard InChI is InChI=1S/C14H20N2O3/c1-14(2,3)16-8-11(17)9-19-13-5-4-10(7-15)6-12(13)18/h4-6,11,16-18H,8-9H2,1-3H3/t11-/m0/s1. The number of β-amino-alcohol motifs (C(OH)–C–C–N with tert-alkyl or cyclic N) is 1. The Balaban J connectivity index is 2.46. The number of aromatic hydroxyl groups is 1. The number of rotatable bonds is 5. The molecule has 0 amide bonds. The van der Waals surface area contributed by atoms with E-state index in [0.717, 1.165) is 0 Å². The van der Waals surface area contributed by atoms with Gasteiger partial charge < -0.3 is 20.3 Å². The number of nitrogens with zero attached hydrogens (tertiary/aromatic N) is 1. The molecule has 1 rings (SSSR count). The molecule has 0 bridgehead atoms. The summed E-state index contributed by atoms with van der Waals surface area (Å²) in [6.45, 7) is 6.50. The Hall–Kier alpha value is -1.77. The fourth-order valence-electron chi connectivity index (χ4n) is 1.38. The van der Waals surface area contributed by atoms with Gasteiger partial charge in [-0.1, -0.05) is 0 Å². The molecule has 0 radical (unpaired) electrons. The summed E-state index contributed by atoms with van der Waals surface area (Å²) in [6.07, 6.45) is -0.672. The van der Waals surface area contributed by atoms with E-state index in [-0.39, 0.29) is 23.6 Å². The topological polar surface area (TPSA) is 85.5 Å². The number of nitriles is 1. The molecule has 104 valence electrons. The number of aliphatic hydroxyl groups excluding tert-OH is 1. The fourth-order valence-corrected chi connectivity index (χ4v) is 1.38. The van der Waals surface area contributed by atoms with Crippen molar-refractivity contribution < 1.29 is 14.9 Å². The molecule has 0 aliphatic rings. The highest BCUT2D eigenvalue weighted by Crippen LogP contribution is 2.26. The third kappa shape index (κ3) is 5.60. The van der Waals surface area contributed by atoms with Crippen LogP contribution in [0.5, 0.6) is 11.5 Å². The maximum atomic E-state index is 9.74. The Labute approximate surface area is 113 Å². The molecule has 19 heavy (non-hydrogen) atoms. The molecule has 0 unspecified atom stereocenters. The lowest BCUT2D eigenvalue weighted by Gasteiger charge is -2.23. The van der Waals surface area contributed by atoms with Crippen LogP contribution in [0.4, 0.5) is 0 Å². The normalized spacial score (nSPS) is 12.8. The van der Waals surface area contributed by atoms with E-state index >= 15 is 0 Å². The van der Waals surface area contributed by atoms with Crippen molar-refractivity contribution in [1.29, 1.82) is 5.26 Å². The zero-order chi connectivity index (χ0) is 14.5. The Kier molecular flexibility index (Phi) is 5.16. The molecule has 1 aromatic rings. The summed E-state index contributed by atoms with van der Waals surface area (Å²) in [6, 6.07) is 6.31. The van der Waals surface area contributed by atoms with Crippen LogP contribution < -0.4 is 10.1 Å². The Bertz CT molecular complexity index is 461. The van der Waals surface area contributed by atoms with Gasteiger partial charge in [-0.25, -0.2) is 0 Å². The maximum Gasteiger partial charge on any atom is 0.161 e. The van der Waals surface area contributed by atoms with Gasteiger partial charge in [-0.15, -0.1) is 0 Å². The van der Waals surface area contributed by atoms with E-state index < -0.39 is 6.10 Å². The lowest BCUT2D eigenvalue weighted by atomic mass is 10.1. The van der Waals surface area contributed by atoms with E-state index in [1.807, 2.05) is 26.8 Å². The molecule has 1 atom stereocenters. The van der Waals surface area contributed by atoms with Crippen molar-refractivity contribution in [1.82, 2.24) is 5.32 Å². The van der Waals surface area contributed by atoms with Crippen molar-refractivity contribution in [3.8, 4) is 17.6 Å². The minimum atomic E-state index is -0.672. The third-order valence-corrected chi connectivity index (χ3v) is 2.39. The van der Waals surface area contributed by atoms with Crippen LogP contribution in [0.3, 0.4) is 0 Å². The molecule has 0 aliphatic heterocycles. The second-order valence-corrected chi connectivity index (χ2v) is 5.39. The van der Waals surface area contributed by atoms with Gasteiger partial charge >= 0.3 is 0 Å². The van der Waals surface area contributed by atoms with Gasteiger partial charge in [0.05, 0.1) is 11.6 Å². The number of hydrogen-bond donors (Lipinski definition) is 3. The van der Waals surface area contributed by atoms with Crippen LogP contribution in [0.15, 0.2) is 18.2 Å². The van der Waals surface area contributed by atoms with E-state index in [2.05, 4.69) is 5.32 Å². The molecular formula is C14H20N2O3. The summed E-state index contributed by atoms with van der Waals surface area (Å²) in [5.74, 6) is 0.156. The monoisotopic (exact) mass is 264 g/mol. The molecule has 5 nitrogen and oxygen atoms in total. The molecule has 5 heteroatoms. The number of phenols is 1. The van der Waals surface area contributed by atoms with Crippen LogP contribution in [0, 0.1) is 11.3 Å². The van der Waals surface area contributed by atoms with Gasteiger partial charge in [-0.3, -0.25) is 0 Å². The maximum absolute atomic E-state index is 9.74. The molecule has 3 N–H and O–H groups in total. The number of aliphatic hydroxyl groups is 1. The predicted molar refractivity (Wildman–Crippen MR) is 72.1 cm³/mol. The number of ether oxygens (including phenoxy) is 1. The van der Waals surface area contributed by atoms with Crippen molar-refractivity contribution in [2.45, 2.75) is 32.4 Å². The first-order valence-electron chi connectivity index (χ1n) is 6.11. The Morgan fingerprint density at radius 2 is 2.11 bits per heavy atom. The van der Waals surface area contributed by atoms with Crippen molar-refractivity contribution in [2.75, 3.05) is 13.2 Å². The molecule has 0 saturated heterocycles. The van der Waals surface area contributed by atoms with Gasteiger partial charge in [-0.05, 0) is 32.9 Å². The lowest BCUT2D eigenvalue weighted by Crippen LogP contribution is -2.42. The smallest absolute Gasteiger partial charge is 0.161 e. The molecule has 0 aliphatic carbocycles. The van der Waals surface area contributed by atoms with Crippen molar-refractivity contribution in [2.24, 2.45) is 0 Å². The summed E-state index contributed by atoms with van der Waals surface area (Å²) in [5, 5.41) is 31.2. The molecular weight excluding hydrogens is 244 g/mol. The van der Waals surface area contributed by atoms with E-state index in [0.29, 0.717) is 12.1 Å². The number of phenolic OH excluding ortho intramolecular Hbond substituents is 1. The summed E-state index contributed by atoms with van der Waals surface area (Å²) in [5.41, 5.74) is 0.289. The van der Waals surface area contributed by atoms with Crippen LogP contribution in [-0.2, 0) is 0 Å². The largest absolute Gasteiger partial charge is 0.504 e. The Morgan fingerprint density at radius 1 is 1.42 bits per heavy atom. The SMILES string of the molecule is CC(C)(C)NC[C@H](O)COc1ccc(C#N)cc1O. The summed E-state index contributed by atoms with van der Waals surface area (Å²) < 4.78 is 5.31. The quantitative estimate of drug-likeness (QED) is 0.748. The van der Waals surface area contributed by atoms with Crippen molar-refractivity contribution >= 4 is 0 Å². The second-order valence-electron chi connectivity index (χ2n) is 5.39. The zero-order valence-corrected chi connectivity index (χ0v) is 11.5. The van der Waals surface area contributed by atoms with Crippen molar-refractivity contribution in [3.05, 3.63) is 23.8 Å². The molecule has 0 fully saturated rings. The van der Waals surface area contributed by atoms with E-state index in [1.165, 1.54) is 12.1 Å². The molecule has 0 saturated carbocycles. The van der Waals surface area contributed by atoms with E-state index in [4.69, 9.17) is 10.00 Å². The summed E-state index contributed by atoms with van der Waals surface area (Å²) >= 11 is 0. The fraction of sp³-hybridized carbons (Fsp3) is 0.500. The molecule has 0 aromatic heterocycles. The summed E-state index contributed by atoms with van der Waals surface area (Å²) in [7, 11) is 0. The lowest BCUT2D eigenvalue weighted by molar-refractivity contribution is 0.0986. The highest BCUT2D eigenvalue weighted by molar-refractivity contribution is 5.45. The zero-order valence-electron chi connectivity index (χ0n) is 11.5. The number of nitrogens with one attached hydrogen (secondary N) is 1. The van der Waals surface area contributed by atoms with Gasteiger partial charge in [-0.2, -0.15) is 5.26 Å². The van der Waals surface area contributed by atoms with Gasteiger partial charge in [0.25, 0.3) is 0 Å². The first-order chi connectivity index (χ1) is 8.81. The highest BCUT2D eigenvalue weighted by Gasteiger charge is 2.13. The average Bonchev–Trinajstić information content (AvgIpc) is 2.34. The van der Waals surface area contributed by atoms with Gasteiger partial charge in [0.2, 0.25) is 0 Å². The summed E-state index contributed by atoms with van der Waals surface area (Å²) in [4.78, 5) is 0. The predicted octanol–water partition coefficient (Wildman–Crippen LogP) is 1.39. The highest BCUT2D eigenvalue weighted by atomic mass is 16.5. The molecule has 1 aromatic carbocycles. The number of hydrogen-bond acceptors (Lipinski definition) is 5.